The van der Waals surface area contributed by atoms with E-state index in [1.54, 1.807) is 0 Å². The number of hydrogen-bond acceptors (Lipinski definition) is 2. The third-order valence-electron chi connectivity index (χ3n) is 6.85. The Bertz CT molecular complexity index is 1380. The van der Waals surface area contributed by atoms with Crippen LogP contribution in [0.15, 0.2) is 66.9 Å². The van der Waals surface area contributed by atoms with Gasteiger partial charge < -0.3 is 4.43 Å². The lowest BCUT2D eigenvalue weighted by atomic mass is 9.82. The largest absolute Gasteiger partial charge is 0.538 e. The molecule has 0 saturated carbocycles. The van der Waals surface area contributed by atoms with Gasteiger partial charge in [-0.25, -0.2) is 0 Å². The molecule has 0 saturated heterocycles. The highest BCUT2D eigenvalue weighted by molar-refractivity contribution is 6.86. The van der Waals surface area contributed by atoms with Crippen molar-refractivity contribution in [1.29, 1.82) is 0 Å². The van der Waals surface area contributed by atoms with Crippen molar-refractivity contribution in [2.24, 2.45) is 0 Å². The van der Waals surface area contributed by atoms with Crippen molar-refractivity contribution in [3.8, 4) is 28.1 Å². The Labute approximate surface area is 198 Å². The first-order valence-electron chi connectivity index (χ1n) is 11.9. The first kappa shape index (κ1) is 21.9. The Morgan fingerprint density at radius 1 is 0.879 bits per heavy atom. The maximum absolute atomic E-state index is 6.88. The molecular weight excluding hydrogens is 418 g/mol. The second kappa shape index (κ2) is 7.56. The van der Waals surface area contributed by atoms with Crippen LogP contribution in [0.4, 0.5) is 0 Å². The number of pyridine rings is 1. The van der Waals surface area contributed by atoms with E-state index in [2.05, 4.69) is 108 Å². The number of nitrogens with zero attached hydrogens (tertiary/aromatic N) is 1. The molecule has 1 aliphatic heterocycles. The van der Waals surface area contributed by atoms with Gasteiger partial charge in [-0.3, -0.25) is 4.98 Å². The minimum atomic E-state index is -2.15. The van der Waals surface area contributed by atoms with E-state index in [4.69, 9.17) is 9.41 Å². The molecule has 2 heterocycles. The third kappa shape index (κ3) is 3.69. The molecule has 5 rings (SSSR count). The van der Waals surface area contributed by atoms with Gasteiger partial charge in [-0.1, -0.05) is 77.1 Å². The van der Waals surface area contributed by atoms with Crippen LogP contribution in [0, 0.1) is 0 Å². The number of benzene rings is 3. The molecule has 1 aliphatic rings. The molecule has 4 aromatic rings. The minimum Gasteiger partial charge on any atom is -0.538 e. The number of aromatic nitrogens is 1. The van der Waals surface area contributed by atoms with Gasteiger partial charge in [-0.15, -0.1) is 0 Å². The monoisotopic (exact) mass is 451 g/mol. The standard InChI is InChI=1S/C30H33NOSi/c1-19(2)20-12-13-24-25-14-15-31-28(29(25)32-33(6,7)27(24)18-20)22-16-21-10-8-9-11-23(21)26(17-22)30(3,4)5/h8-19H,1-7H3. The smallest absolute Gasteiger partial charge is 0.277 e. The van der Waals surface area contributed by atoms with Crippen molar-refractivity contribution in [1.82, 2.24) is 4.98 Å². The number of hydrogen-bond donors (Lipinski definition) is 0. The minimum absolute atomic E-state index is 0.0270. The van der Waals surface area contributed by atoms with Gasteiger partial charge in [-0.05, 0) is 75.3 Å². The molecular formula is C30H33NOSi. The molecule has 0 bridgehead atoms. The van der Waals surface area contributed by atoms with Gasteiger partial charge in [0.2, 0.25) is 0 Å². The van der Waals surface area contributed by atoms with Crippen LogP contribution in [0.1, 0.15) is 51.7 Å². The summed E-state index contributed by atoms with van der Waals surface area (Å²) in [6.07, 6.45) is 1.93. The lowest BCUT2D eigenvalue weighted by Gasteiger charge is -2.35. The average molecular weight is 452 g/mol. The molecule has 1 aromatic heterocycles. The van der Waals surface area contributed by atoms with Gasteiger partial charge in [0.05, 0.1) is 0 Å². The van der Waals surface area contributed by atoms with Crippen LogP contribution < -0.4 is 9.61 Å². The molecule has 2 nitrogen and oxygen atoms in total. The van der Waals surface area contributed by atoms with Gasteiger partial charge in [0.25, 0.3) is 8.32 Å². The van der Waals surface area contributed by atoms with Crippen molar-refractivity contribution in [3.05, 3.63) is 78.0 Å². The predicted molar refractivity (Wildman–Crippen MR) is 143 cm³/mol. The van der Waals surface area contributed by atoms with Crippen LogP contribution in [0.3, 0.4) is 0 Å². The summed E-state index contributed by atoms with van der Waals surface area (Å²) in [5.41, 5.74) is 7.27. The van der Waals surface area contributed by atoms with Crippen molar-refractivity contribution in [2.75, 3.05) is 0 Å². The second-order valence-electron chi connectivity index (χ2n) is 11.1. The van der Waals surface area contributed by atoms with Gasteiger partial charge in [0, 0.05) is 17.3 Å². The van der Waals surface area contributed by atoms with Crippen LogP contribution in [-0.2, 0) is 5.41 Å². The van der Waals surface area contributed by atoms with Crippen molar-refractivity contribution < 1.29 is 4.43 Å². The lowest BCUT2D eigenvalue weighted by molar-refractivity contribution is 0.561. The zero-order valence-corrected chi connectivity index (χ0v) is 21.8. The maximum atomic E-state index is 6.88. The fraction of sp³-hybridized carbons (Fsp3) is 0.300. The molecule has 0 fully saturated rings. The summed E-state index contributed by atoms with van der Waals surface area (Å²) in [6.45, 7) is 15.9. The summed E-state index contributed by atoms with van der Waals surface area (Å²) in [7, 11) is -2.15. The van der Waals surface area contributed by atoms with Crippen LogP contribution >= 0.6 is 0 Å². The average Bonchev–Trinajstić information content (AvgIpc) is 2.77. The topological polar surface area (TPSA) is 22.1 Å². The third-order valence-corrected chi connectivity index (χ3v) is 9.28. The Morgan fingerprint density at radius 3 is 2.36 bits per heavy atom. The van der Waals surface area contributed by atoms with E-state index in [0.29, 0.717) is 5.92 Å². The van der Waals surface area contributed by atoms with Gasteiger partial charge in [0.1, 0.15) is 11.4 Å². The van der Waals surface area contributed by atoms with E-state index in [1.807, 2.05) is 6.20 Å². The normalized spacial score (nSPS) is 14.7. The van der Waals surface area contributed by atoms with Crippen molar-refractivity contribution >= 4 is 24.3 Å². The Morgan fingerprint density at radius 2 is 1.64 bits per heavy atom. The molecule has 0 amide bonds. The fourth-order valence-electron chi connectivity index (χ4n) is 5.00. The second-order valence-corrected chi connectivity index (χ2v) is 14.9. The van der Waals surface area contributed by atoms with Crippen LogP contribution in [0.5, 0.6) is 5.75 Å². The molecule has 0 atom stereocenters. The molecule has 0 radical (unpaired) electrons. The Kier molecular flexibility index (Phi) is 5.02. The van der Waals surface area contributed by atoms with Crippen molar-refractivity contribution in [2.45, 2.75) is 59.0 Å². The highest BCUT2D eigenvalue weighted by atomic mass is 28.4. The summed E-state index contributed by atoms with van der Waals surface area (Å²) in [6, 6.07) is 22.3. The van der Waals surface area contributed by atoms with Crippen LogP contribution in [-0.4, -0.2) is 13.3 Å². The molecule has 0 aliphatic carbocycles. The van der Waals surface area contributed by atoms with Gasteiger partial charge >= 0.3 is 0 Å². The maximum Gasteiger partial charge on any atom is 0.277 e. The first-order chi connectivity index (χ1) is 15.6. The molecule has 0 unspecified atom stereocenters. The summed E-state index contributed by atoms with van der Waals surface area (Å²) in [4.78, 5) is 4.87. The van der Waals surface area contributed by atoms with Crippen molar-refractivity contribution in [3.63, 3.8) is 0 Å². The van der Waals surface area contributed by atoms with Crippen LogP contribution in [0.2, 0.25) is 13.1 Å². The quantitative estimate of drug-likeness (QED) is 0.290. The number of fused-ring (bicyclic) bond motifs is 4. The van der Waals surface area contributed by atoms with Crippen LogP contribution in [0.25, 0.3) is 33.2 Å². The summed E-state index contributed by atoms with van der Waals surface area (Å²) in [5, 5.41) is 3.93. The van der Waals surface area contributed by atoms with E-state index in [1.165, 1.54) is 32.6 Å². The number of rotatable bonds is 2. The SMILES string of the molecule is CC(C)c1ccc2c(c1)[Si](C)(C)Oc1c-2ccnc1-c1cc(C(C)(C)C)c2ccccc2c1. The van der Waals surface area contributed by atoms with E-state index < -0.39 is 8.32 Å². The molecule has 33 heavy (non-hydrogen) atoms. The van der Waals surface area contributed by atoms with Gasteiger partial charge in [-0.2, -0.15) is 0 Å². The van der Waals surface area contributed by atoms with E-state index in [-0.39, 0.29) is 5.41 Å². The zero-order chi connectivity index (χ0) is 23.5. The lowest BCUT2D eigenvalue weighted by Crippen LogP contribution is -2.51. The van der Waals surface area contributed by atoms with E-state index in [0.717, 1.165) is 22.6 Å². The molecule has 3 aromatic carbocycles. The highest BCUT2D eigenvalue weighted by Crippen LogP contribution is 2.44. The first-order valence-corrected chi connectivity index (χ1v) is 14.8. The predicted octanol–water partition coefficient (Wildman–Crippen LogP) is 7.79. The van der Waals surface area contributed by atoms with E-state index in [9.17, 15) is 0 Å². The molecule has 3 heteroatoms. The fourth-order valence-corrected chi connectivity index (χ4v) is 7.21. The Balaban J connectivity index is 1.76. The zero-order valence-electron chi connectivity index (χ0n) is 20.8. The summed E-state index contributed by atoms with van der Waals surface area (Å²) < 4.78 is 6.88. The van der Waals surface area contributed by atoms with Gasteiger partial charge in [0.15, 0.2) is 0 Å². The molecule has 0 N–H and O–H groups in total. The summed E-state index contributed by atoms with van der Waals surface area (Å²) in [5.74, 6) is 1.44. The highest BCUT2D eigenvalue weighted by Gasteiger charge is 2.37. The Hall–Kier alpha value is -2.91. The molecule has 168 valence electrons. The van der Waals surface area contributed by atoms with E-state index >= 15 is 0 Å². The molecule has 0 spiro atoms. The summed E-state index contributed by atoms with van der Waals surface area (Å²) >= 11 is 0.